The highest BCUT2D eigenvalue weighted by Gasteiger charge is 2.42. The summed E-state index contributed by atoms with van der Waals surface area (Å²) in [5.41, 5.74) is 6.38. The van der Waals surface area contributed by atoms with Gasteiger partial charge in [-0.05, 0) is 38.0 Å². The second-order valence-corrected chi connectivity index (χ2v) is 5.31. The molecule has 2 atom stereocenters. The van der Waals surface area contributed by atoms with Gasteiger partial charge in [0, 0.05) is 12.1 Å². The molecular formula is C14H21N3O2. The first kappa shape index (κ1) is 13.5. The van der Waals surface area contributed by atoms with Crippen LogP contribution in [0.2, 0.25) is 0 Å². The van der Waals surface area contributed by atoms with Crippen LogP contribution in [-0.4, -0.2) is 33.7 Å². The van der Waals surface area contributed by atoms with Gasteiger partial charge in [0.25, 0.3) is 0 Å². The van der Waals surface area contributed by atoms with Crippen LogP contribution in [0.25, 0.3) is 0 Å². The maximum absolute atomic E-state index is 9.67. The molecule has 0 bridgehead atoms. The molecule has 19 heavy (non-hydrogen) atoms. The van der Waals surface area contributed by atoms with Gasteiger partial charge in [0.15, 0.2) is 5.96 Å². The van der Waals surface area contributed by atoms with Crippen molar-refractivity contribution in [2.45, 2.75) is 38.8 Å². The predicted molar refractivity (Wildman–Crippen MR) is 75.2 cm³/mol. The number of phenolic OH excluding ortho intramolecular Hbond substituents is 2. The second kappa shape index (κ2) is 4.64. The Hall–Kier alpha value is -1.91. The molecule has 5 heteroatoms. The Bertz CT molecular complexity index is 495. The molecule has 1 aromatic carbocycles. The molecule has 0 saturated carbocycles. The summed E-state index contributed by atoms with van der Waals surface area (Å²) in [5, 5.41) is 19.3. The van der Waals surface area contributed by atoms with Gasteiger partial charge < -0.3 is 20.8 Å². The van der Waals surface area contributed by atoms with Crippen molar-refractivity contribution in [3.05, 3.63) is 23.8 Å². The zero-order valence-corrected chi connectivity index (χ0v) is 11.6. The Morgan fingerprint density at radius 3 is 2.47 bits per heavy atom. The van der Waals surface area contributed by atoms with Gasteiger partial charge >= 0.3 is 0 Å². The van der Waals surface area contributed by atoms with E-state index in [-0.39, 0.29) is 17.5 Å². The van der Waals surface area contributed by atoms with Gasteiger partial charge in [-0.1, -0.05) is 6.92 Å². The smallest absolute Gasteiger partial charge is 0.192 e. The molecule has 5 nitrogen and oxygen atoms in total. The minimum atomic E-state index is -0.435. The number of hydrogen-bond donors (Lipinski definition) is 3. The van der Waals surface area contributed by atoms with Gasteiger partial charge in [0.05, 0.1) is 12.1 Å². The average molecular weight is 263 g/mol. The Morgan fingerprint density at radius 1 is 1.37 bits per heavy atom. The number of nitrogens with zero attached hydrogens (tertiary/aromatic N) is 2. The van der Waals surface area contributed by atoms with Crippen molar-refractivity contribution in [2.24, 2.45) is 10.7 Å². The summed E-state index contributed by atoms with van der Waals surface area (Å²) in [6.07, 6.45) is 0.941. The van der Waals surface area contributed by atoms with Gasteiger partial charge in [-0.15, -0.1) is 0 Å². The number of phenols is 2. The van der Waals surface area contributed by atoms with Crippen molar-refractivity contribution >= 4 is 5.96 Å². The molecule has 1 aromatic rings. The van der Waals surface area contributed by atoms with E-state index in [0.717, 1.165) is 12.0 Å². The third-order valence-electron chi connectivity index (χ3n) is 3.88. The van der Waals surface area contributed by atoms with Gasteiger partial charge in [-0.2, -0.15) is 0 Å². The fraction of sp³-hybridized carbons (Fsp3) is 0.500. The minimum Gasteiger partial charge on any atom is -0.508 e. The van der Waals surface area contributed by atoms with Crippen molar-refractivity contribution in [1.82, 2.24) is 4.90 Å². The van der Waals surface area contributed by atoms with E-state index in [0.29, 0.717) is 12.5 Å². The number of aliphatic imine (C=N–C) groups is 1. The lowest BCUT2D eigenvalue weighted by molar-refractivity contribution is 0.171. The maximum atomic E-state index is 9.67. The van der Waals surface area contributed by atoms with Crippen molar-refractivity contribution in [1.29, 1.82) is 0 Å². The van der Waals surface area contributed by atoms with Crippen LogP contribution in [0.3, 0.4) is 0 Å². The number of hydrogen-bond acceptors (Lipinski definition) is 5. The van der Waals surface area contributed by atoms with Crippen molar-refractivity contribution in [3.8, 4) is 11.5 Å². The summed E-state index contributed by atoms with van der Waals surface area (Å²) in [5.74, 6) is 0.608. The molecular weight excluding hydrogens is 242 g/mol. The molecule has 2 unspecified atom stereocenters. The molecule has 1 heterocycles. The van der Waals surface area contributed by atoms with Crippen molar-refractivity contribution in [3.63, 3.8) is 0 Å². The van der Waals surface area contributed by atoms with Gasteiger partial charge in [-0.3, -0.25) is 4.99 Å². The number of aromatic hydroxyl groups is 2. The van der Waals surface area contributed by atoms with Crippen LogP contribution in [0, 0.1) is 0 Å². The second-order valence-electron chi connectivity index (χ2n) is 5.31. The SMILES string of the molecule is CCC(C)N1C(N)=NCC1(C)c1cc(O)cc(O)c1. The molecule has 0 spiro atoms. The first-order valence-corrected chi connectivity index (χ1v) is 6.51. The van der Waals surface area contributed by atoms with E-state index >= 15 is 0 Å². The van der Waals surface area contributed by atoms with E-state index in [1.54, 1.807) is 12.1 Å². The van der Waals surface area contributed by atoms with Crippen molar-refractivity contribution < 1.29 is 10.2 Å². The van der Waals surface area contributed by atoms with E-state index in [9.17, 15) is 10.2 Å². The Kier molecular flexibility index (Phi) is 3.30. The normalized spacial score (nSPS) is 24.4. The molecule has 0 aromatic heterocycles. The molecule has 104 valence electrons. The lowest BCUT2D eigenvalue weighted by atomic mass is 9.89. The first-order chi connectivity index (χ1) is 8.88. The minimum absolute atomic E-state index is 0.0470. The summed E-state index contributed by atoms with van der Waals surface area (Å²) in [4.78, 5) is 6.39. The Morgan fingerprint density at radius 2 is 1.95 bits per heavy atom. The van der Waals surface area contributed by atoms with Crippen LogP contribution in [-0.2, 0) is 5.54 Å². The molecule has 1 aliphatic heterocycles. The zero-order chi connectivity index (χ0) is 14.2. The summed E-state index contributed by atoms with van der Waals surface area (Å²) >= 11 is 0. The highest BCUT2D eigenvalue weighted by Crippen LogP contribution is 2.37. The third-order valence-corrected chi connectivity index (χ3v) is 3.88. The highest BCUT2D eigenvalue weighted by atomic mass is 16.3. The standard InChI is InChI=1S/C14H21N3O2/c1-4-9(2)17-13(15)16-8-14(17,3)10-5-11(18)7-12(19)6-10/h5-7,9,18-19H,4,8H2,1-3H3,(H2,15,16). The topological polar surface area (TPSA) is 82.1 Å². The predicted octanol–water partition coefficient (Wildman–Crippen LogP) is 1.74. The monoisotopic (exact) mass is 263 g/mol. The maximum Gasteiger partial charge on any atom is 0.192 e. The van der Waals surface area contributed by atoms with Crippen LogP contribution in [0.4, 0.5) is 0 Å². The molecule has 4 N–H and O–H groups in total. The van der Waals surface area contributed by atoms with Gasteiger partial charge in [-0.25, -0.2) is 0 Å². The summed E-state index contributed by atoms with van der Waals surface area (Å²) in [7, 11) is 0. The first-order valence-electron chi connectivity index (χ1n) is 6.51. The third kappa shape index (κ3) is 2.20. The van der Waals surface area contributed by atoms with Crippen LogP contribution >= 0.6 is 0 Å². The molecule has 0 fully saturated rings. The largest absolute Gasteiger partial charge is 0.508 e. The van der Waals surface area contributed by atoms with E-state index in [1.807, 2.05) is 6.92 Å². The number of benzene rings is 1. The fourth-order valence-electron chi connectivity index (χ4n) is 2.67. The fourth-order valence-corrected chi connectivity index (χ4v) is 2.67. The summed E-state index contributed by atoms with van der Waals surface area (Å²) in [6.45, 7) is 6.73. The average Bonchev–Trinajstić information content (AvgIpc) is 2.65. The lowest BCUT2D eigenvalue weighted by Crippen LogP contribution is -2.51. The molecule has 0 saturated heterocycles. The zero-order valence-electron chi connectivity index (χ0n) is 11.6. The molecule has 2 rings (SSSR count). The number of nitrogens with two attached hydrogens (primary N) is 1. The van der Waals surface area contributed by atoms with Gasteiger partial charge in [0.2, 0.25) is 0 Å². The van der Waals surface area contributed by atoms with E-state index < -0.39 is 5.54 Å². The molecule has 0 aliphatic carbocycles. The van der Waals surface area contributed by atoms with Crippen LogP contribution in [0.1, 0.15) is 32.8 Å². The Labute approximate surface area is 113 Å². The highest BCUT2D eigenvalue weighted by molar-refractivity contribution is 5.81. The van der Waals surface area contributed by atoms with E-state index in [4.69, 9.17) is 5.73 Å². The van der Waals surface area contributed by atoms with Crippen LogP contribution in [0.15, 0.2) is 23.2 Å². The molecule has 0 radical (unpaired) electrons. The lowest BCUT2D eigenvalue weighted by Gasteiger charge is -2.40. The number of guanidine groups is 1. The Balaban J connectivity index is 2.46. The van der Waals surface area contributed by atoms with Crippen LogP contribution in [0.5, 0.6) is 11.5 Å². The summed E-state index contributed by atoms with van der Waals surface area (Å²) < 4.78 is 0. The van der Waals surface area contributed by atoms with E-state index in [1.165, 1.54) is 6.07 Å². The van der Waals surface area contributed by atoms with Gasteiger partial charge in [0.1, 0.15) is 11.5 Å². The molecule has 0 amide bonds. The number of rotatable bonds is 3. The van der Waals surface area contributed by atoms with Crippen LogP contribution < -0.4 is 5.73 Å². The molecule has 1 aliphatic rings. The van der Waals surface area contributed by atoms with Crippen molar-refractivity contribution in [2.75, 3.05) is 6.54 Å². The van der Waals surface area contributed by atoms with E-state index in [2.05, 4.69) is 23.7 Å². The summed E-state index contributed by atoms with van der Waals surface area (Å²) in [6, 6.07) is 4.87. The quantitative estimate of drug-likeness (QED) is 0.776.